The van der Waals surface area contributed by atoms with Crippen molar-refractivity contribution < 1.29 is 4.79 Å². The average Bonchev–Trinajstić information content (AvgIpc) is 3.26. The Kier molecular flexibility index (Phi) is 4.10. The molecule has 2 aromatic carbocycles. The van der Waals surface area contributed by atoms with Crippen molar-refractivity contribution in [3.05, 3.63) is 78.4 Å². The molecule has 25 heavy (non-hydrogen) atoms. The maximum absolute atomic E-state index is 13.1. The normalized spacial score (nSPS) is 14.0. The predicted octanol–water partition coefficient (Wildman–Crippen LogP) is 3.59. The predicted molar refractivity (Wildman–Crippen MR) is 98.2 cm³/mol. The third kappa shape index (κ3) is 2.84. The fourth-order valence-electron chi connectivity index (χ4n) is 3.65. The number of hydrogen-bond donors (Lipinski definition) is 1. The molecule has 1 aliphatic rings. The first kappa shape index (κ1) is 15.6. The molecular formula is C21H21N3O. The minimum Gasteiger partial charge on any atom is -0.351 e. The van der Waals surface area contributed by atoms with E-state index in [1.807, 2.05) is 35.0 Å². The van der Waals surface area contributed by atoms with Crippen molar-refractivity contribution in [1.82, 2.24) is 14.9 Å². The van der Waals surface area contributed by atoms with Crippen LogP contribution in [0.1, 0.15) is 30.4 Å². The second-order valence-corrected chi connectivity index (χ2v) is 6.48. The van der Waals surface area contributed by atoms with Gasteiger partial charge in [-0.2, -0.15) is 0 Å². The quantitative estimate of drug-likeness (QED) is 0.776. The summed E-state index contributed by atoms with van der Waals surface area (Å²) in [6.45, 7) is 2.83. The molecule has 4 heteroatoms. The molecule has 0 saturated heterocycles. The van der Waals surface area contributed by atoms with Crippen LogP contribution in [0.25, 0.3) is 11.1 Å². The summed E-state index contributed by atoms with van der Waals surface area (Å²) in [6.07, 6.45) is 6.35. The Morgan fingerprint density at radius 2 is 1.76 bits per heavy atom. The van der Waals surface area contributed by atoms with E-state index in [9.17, 15) is 4.79 Å². The minimum absolute atomic E-state index is 0.0735. The molecule has 1 amide bonds. The van der Waals surface area contributed by atoms with Crippen molar-refractivity contribution >= 4 is 5.91 Å². The highest BCUT2D eigenvalue weighted by Crippen LogP contribution is 2.44. The number of rotatable bonds is 5. The zero-order valence-electron chi connectivity index (χ0n) is 14.2. The van der Waals surface area contributed by atoms with Crippen LogP contribution in [0.15, 0.2) is 67.3 Å². The number of imidazole rings is 1. The summed E-state index contributed by atoms with van der Waals surface area (Å²) in [5.41, 5.74) is 4.53. The number of nitrogens with zero attached hydrogens (tertiary/aromatic N) is 2. The van der Waals surface area contributed by atoms with Crippen molar-refractivity contribution in [2.75, 3.05) is 0 Å². The van der Waals surface area contributed by atoms with Crippen LogP contribution in [0.2, 0.25) is 0 Å². The highest BCUT2D eigenvalue weighted by atomic mass is 16.2. The van der Waals surface area contributed by atoms with Crippen molar-refractivity contribution in [3.63, 3.8) is 0 Å². The van der Waals surface area contributed by atoms with E-state index < -0.39 is 0 Å². The van der Waals surface area contributed by atoms with E-state index in [0.29, 0.717) is 0 Å². The monoisotopic (exact) mass is 331 g/mol. The molecule has 1 N–H and O–H groups in total. The van der Waals surface area contributed by atoms with E-state index in [4.69, 9.17) is 0 Å². The largest absolute Gasteiger partial charge is 0.351 e. The van der Waals surface area contributed by atoms with Gasteiger partial charge in [-0.15, -0.1) is 0 Å². The number of amides is 1. The number of hydrogen-bond acceptors (Lipinski definition) is 2. The van der Waals surface area contributed by atoms with Crippen LogP contribution in [0.4, 0.5) is 0 Å². The average molecular weight is 331 g/mol. The fraction of sp³-hybridized carbons (Fsp3) is 0.238. The van der Waals surface area contributed by atoms with Gasteiger partial charge in [-0.05, 0) is 28.7 Å². The summed E-state index contributed by atoms with van der Waals surface area (Å²) in [6, 6.07) is 16.5. The molecule has 1 heterocycles. The van der Waals surface area contributed by atoms with Gasteiger partial charge in [0.15, 0.2) is 0 Å². The second-order valence-electron chi connectivity index (χ2n) is 6.48. The van der Waals surface area contributed by atoms with Gasteiger partial charge in [0.05, 0.1) is 12.2 Å². The summed E-state index contributed by atoms with van der Waals surface area (Å²) in [5, 5.41) is 3.24. The summed E-state index contributed by atoms with van der Waals surface area (Å²) < 4.78 is 2.00. The molecule has 0 fully saturated rings. The molecular weight excluding hydrogens is 310 g/mol. The lowest BCUT2D eigenvalue weighted by Gasteiger charge is -2.21. The second kappa shape index (κ2) is 6.55. The molecule has 1 aliphatic carbocycles. The van der Waals surface area contributed by atoms with E-state index in [0.717, 1.165) is 24.1 Å². The number of nitrogens with one attached hydrogen (secondary N) is 1. The molecule has 1 unspecified atom stereocenters. The Bertz CT molecular complexity index is 840. The number of benzene rings is 2. The lowest BCUT2D eigenvalue weighted by molar-refractivity contribution is -0.122. The van der Waals surface area contributed by atoms with Crippen LogP contribution in [-0.4, -0.2) is 21.5 Å². The van der Waals surface area contributed by atoms with Gasteiger partial charge in [-0.1, -0.05) is 55.5 Å². The summed E-state index contributed by atoms with van der Waals surface area (Å²) >= 11 is 0. The minimum atomic E-state index is -0.232. The van der Waals surface area contributed by atoms with Crippen LogP contribution in [0, 0.1) is 0 Å². The van der Waals surface area contributed by atoms with Crippen molar-refractivity contribution in [2.45, 2.75) is 31.8 Å². The summed E-state index contributed by atoms with van der Waals surface area (Å²) in [5.74, 6) is -0.159. The third-order valence-corrected chi connectivity index (χ3v) is 4.93. The Hall–Kier alpha value is -2.88. The van der Waals surface area contributed by atoms with Crippen molar-refractivity contribution in [1.29, 1.82) is 0 Å². The highest BCUT2D eigenvalue weighted by Gasteiger charge is 2.33. The Morgan fingerprint density at radius 1 is 1.12 bits per heavy atom. The first-order valence-electron chi connectivity index (χ1n) is 8.72. The molecule has 1 aromatic heterocycles. The lowest BCUT2D eigenvalue weighted by Crippen LogP contribution is -2.40. The van der Waals surface area contributed by atoms with Gasteiger partial charge < -0.3 is 9.88 Å². The first-order chi connectivity index (χ1) is 12.3. The smallest absolute Gasteiger partial charge is 0.232 e. The van der Waals surface area contributed by atoms with Crippen molar-refractivity contribution in [2.24, 2.45) is 0 Å². The number of carbonyl (C=O) groups excluding carboxylic acids is 1. The van der Waals surface area contributed by atoms with Gasteiger partial charge in [0, 0.05) is 25.0 Å². The Labute approximate surface area is 147 Å². The Balaban J connectivity index is 1.61. The van der Waals surface area contributed by atoms with E-state index >= 15 is 0 Å². The standard InChI is InChI=1S/C21H21N3O/c1-2-15(13-24-12-11-22-14-24)23-21(25)20-18-9-5-3-7-16(18)17-8-4-6-10-19(17)20/h3-12,14-15,20H,2,13H2,1H3,(H,23,25). The maximum atomic E-state index is 13.1. The first-order valence-corrected chi connectivity index (χ1v) is 8.72. The van der Waals surface area contributed by atoms with Gasteiger partial charge in [0.1, 0.15) is 0 Å². The number of fused-ring (bicyclic) bond motifs is 3. The molecule has 4 nitrogen and oxygen atoms in total. The molecule has 0 spiro atoms. The van der Waals surface area contributed by atoms with Crippen LogP contribution >= 0.6 is 0 Å². The van der Waals surface area contributed by atoms with Gasteiger partial charge in [0.25, 0.3) is 0 Å². The molecule has 0 bridgehead atoms. The van der Waals surface area contributed by atoms with E-state index in [2.05, 4.69) is 41.5 Å². The third-order valence-electron chi connectivity index (χ3n) is 4.93. The van der Waals surface area contributed by atoms with Crippen LogP contribution < -0.4 is 5.32 Å². The Morgan fingerprint density at radius 3 is 2.32 bits per heavy atom. The van der Waals surface area contributed by atoms with Crippen molar-refractivity contribution in [3.8, 4) is 11.1 Å². The zero-order chi connectivity index (χ0) is 17.2. The number of carbonyl (C=O) groups is 1. The van der Waals surface area contributed by atoms with E-state index in [-0.39, 0.29) is 17.9 Å². The van der Waals surface area contributed by atoms with Crippen LogP contribution in [-0.2, 0) is 11.3 Å². The SMILES string of the molecule is CCC(Cn1ccnc1)NC(=O)C1c2ccccc2-c2ccccc21. The maximum Gasteiger partial charge on any atom is 0.232 e. The van der Waals surface area contributed by atoms with Gasteiger partial charge in [-0.25, -0.2) is 4.98 Å². The molecule has 0 radical (unpaired) electrons. The molecule has 1 atom stereocenters. The topological polar surface area (TPSA) is 46.9 Å². The van der Waals surface area contributed by atoms with Crippen LogP contribution in [0.3, 0.4) is 0 Å². The number of aromatic nitrogens is 2. The molecule has 126 valence electrons. The molecule has 0 saturated carbocycles. The fourth-order valence-corrected chi connectivity index (χ4v) is 3.65. The highest BCUT2D eigenvalue weighted by molar-refractivity contribution is 5.96. The summed E-state index contributed by atoms with van der Waals surface area (Å²) in [7, 11) is 0. The molecule has 4 rings (SSSR count). The van der Waals surface area contributed by atoms with E-state index in [1.165, 1.54) is 11.1 Å². The van der Waals surface area contributed by atoms with E-state index in [1.54, 1.807) is 12.5 Å². The van der Waals surface area contributed by atoms with Gasteiger partial charge in [-0.3, -0.25) is 4.79 Å². The van der Waals surface area contributed by atoms with Gasteiger partial charge >= 0.3 is 0 Å². The lowest BCUT2D eigenvalue weighted by atomic mass is 9.95. The molecule has 0 aliphatic heterocycles. The zero-order valence-corrected chi connectivity index (χ0v) is 14.2. The van der Waals surface area contributed by atoms with Crippen LogP contribution in [0.5, 0.6) is 0 Å². The van der Waals surface area contributed by atoms with Gasteiger partial charge in [0.2, 0.25) is 5.91 Å². The molecule has 3 aromatic rings. The summed E-state index contributed by atoms with van der Waals surface area (Å²) in [4.78, 5) is 17.2.